The minimum Gasteiger partial charge on any atom is -0.302 e. The minimum absolute atomic E-state index is 0.107. The van der Waals surface area contributed by atoms with Crippen LogP contribution >= 0.6 is 0 Å². The lowest BCUT2D eigenvalue weighted by Crippen LogP contribution is -2.31. The Morgan fingerprint density at radius 2 is 2.07 bits per heavy atom. The highest BCUT2D eigenvalue weighted by atomic mass is 15.1. The molecule has 0 radical (unpaired) electrons. The molecule has 5 rings (SSSR count). The monoisotopic (exact) mass is 360 g/mol. The van der Waals surface area contributed by atoms with E-state index in [1.807, 2.05) is 19.3 Å². The van der Waals surface area contributed by atoms with Crippen molar-refractivity contribution in [2.24, 2.45) is 13.0 Å². The zero-order valence-corrected chi connectivity index (χ0v) is 16.2. The third-order valence-electron chi connectivity index (χ3n) is 6.07. The molecule has 3 nitrogen and oxygen atoms in total. The summed E-state index contributed by atoms with van der Waals surface area (Å²) >= 11 is 0. The molecule has 0 unspecified atom stereocenters. The molecular weight excluding hydrogens is 330 g/mol. The zero-order valence-electron chi connectivity index (χ0n) is 18.2. The normalized spacial score (nSPS) is 18.6. The van der Waals surface area contributed by atoms with Gasteiger partial charge in [-0.1, -0.05) is 44.2 Å². The van der Waals surface area contributed by atoms with Gasteiger partial charge in [0.05, 0.1) is 16.6 Å². The number of benzene rings is 1. The van der Waals surface area contributed by atoms with Gasteiger partial charge in [0.25, 0.3) is 0 Å². The molecule has 3 aromatic rings. The van der Waals surface area contributed by atoms with Crippen LogP contribution in [0.15, 0.2) is 36.5 Å². The fraction of sp³-hybridized carbons (Fsp3) is 0.417. The van der Waals surface area contributed by atoms with E-state index >= 15 is 0 Å². The lowest BCUT2D eigenvalue weighted by atomic mass is 9.85. The van der Waals surface area contributed by atoms with E-state index in [-0.39, 0.29) is 5.92 Å². The van der Waals surface area contributed by atoms with E-state index in [1.165, 1.54) is 12.0 Å². The second-order valence-electron chi connectivity index (χ2n) is 8.00. The average Bonchev–Trinajstić information content (AvgIpc) is 3.31. The summed E-state index contributed by atoms with van der Waals surface area (Å²) in [7, 11) is 2.05. The molecule has 1 aliphatic heterocycles. The number of nitrogens with zero attached hydrogens (tertiary/aromatic N) is 3. The summed E-state index contributed by atoms with van der Waals surface area (Å²) < 4.78 is 22.2. The largest absolute Gasteiger partial charge is 0.302 e. The first-order chi connectivity index (χ1) is 14.0. The van der Waals surface area contributed by atoms with E-state index in [2.05, 4.69) is 46.5 Å². The zero-order chi connectivity index (χ0) is 20.2. The van der Waals surface area contributed by atoms with Gasteiger partial charge in [-0.3, -0.25) is 0 Å². The molecule has 0 bridgehead atoms. The first-order valence-electron chi connectivity index (χ1n) is 11.1. The maximum absolute atomic E-state index is 8.93. The lowest BCUT2D eigenvalue weighted by molar-refractivity contribution is -0.660. The van der Waals surface area contributed by atoms with Gasteiger partial charge in [-0.2, -0.15) is 0 Å². The van der Waals surface area contributed by atoms with E-state index < -0.39 is 6.37 Å². The Kier molecular flexibility index (Phi) is 3.59. The molecule has 1 aromatic carbocycles. The Morgan fingerprint density at radius 1 is 1.22 bits per heavy atom. The van der Waals surface area contributed by atoms with Crippen LogP contribution in [0.5, 0.6) is 0 Å². The molecule has 0 atom stereocenters. The van der Waals surface area contributed by atoms with Gasteiger partial charge in [0.15, 0.2) is 6.20 Å². The fourth-order valence-corrected chi connectivity index (χ4v) is 4.62. The molecule has 138 valence electrons. The van der Waals surface area contributed by atoms with Crippen molar-refractivity contribution in [2.75, 3.05) is 0 Å². The van der Waals surface area contributed by atoms with Gasteiger partial charge in [-0.05, 0) is 36.4 Å². The average molecular weight is 361 g/mol. The first-order valence-corrected chi connectivity index (χ1v) is 10.1. The molecule has 1 fully saturated rings. The van der Waals surface area contributed by atoms with Gasteiger partial charge in [0.2, 0.25) is 5.69 Å². The number of hydrogen-bond acceptors (Lipinski definition) is 1. The van der Waals surface area contributed by atoms with Crippen LogP contribution in [-0.4, -0.2) is 9.55 Å². The second kappa shape index (κ2) is 6.63. The molecule has 0 saturated heterocycles. The van der Waals surface area contributed by atoms with E-state index in [0.717, 1.165) is 65.8 Å². The van der Waals surface area contributed by atoms with Crippen LogP contribution < -0.4 is 4.57 Å². The predicted octanol–water partition coefficient (Wildman–Crippen LogP) is 4.99. The Bertz CT molecular complexity index is 1120. The summed E-state index contributed by atoms with van der Waals surface area (Å²) in [5, 5.41) is 0. The van der Waals surface area contributed by atoms with Gasteiger partial charge < -0.3 is 4.57 Å². The van der Waals surface area contributed by atoms with Crippen molar-refractivity contribution in [3.05, 3.63) is 53.5 Å². The molecule has 0 spiro atoms. The summed E-state index contributed by atoms with van der Waals surface area (Å²) in [4.78, 5) is 4.81. The molecule has 0 amide bonds. The molecule has 3 heteroatoms. The topological polar surface area (TPSA) is 21.7 Å². The lowest BCUT2D eigenvalue weighted by Gasteiger charge is -2.21. The third-order valence-corrected chi connectivity index (χ3v) is 6.07. The number of imidazole rings is 1. The second-order valence-corrected chi connectivity index (χ2v) is 8.00. The highest BCUT2D eigenvalue weighted by Crippen LogP contribution is 2.34. The SMILES string of the molecule is [2H]C([2H])(c1cc[n+](C)c(-c2c(C)ccc3nc4n(c23)C=CC4)c1)C1CCCCC1. The number of aryl methyl sites for hydroxylation is 2. The highest BCUT2D eigenvalue weighted by molar-refractivity contribution is 5.94. The number of aromatic nitrogens is 3. The highest BCUT2D eigenvalue weighted by Gasteiger charge is 2.23. The molecular formula is C24H28N3+. The molecule has 27 heavy (non-hydrogen) atoms. The maximum Gasteiger partial charge on any atom is 0.215 e. The van der Waals surface area contributed by atoms with Crippen molar-refractivity contribution in [2.45, 2.75) is 51.8 Å². The van der Waals surface area contributed by atoms with Crippen LogP contribution in [0.4, 0.5) is 0 Å². The summed E-state index contributed by atoms with van der Waals surface area (Å²) in [5.41, 5.74) is 6.31. The van der Waals surface area contributed by atoms with E-state index in [4.69, 9.17) is 7.73 Å². The third kappa shape index (κ3) is 2.90. The Labute approximate surface area is 164 Å². The Morgan fingerprint density at radius 3 is 2.93 bits per heavy atom. The molecule has 1 saturated carbocycles. The standard InChI is InChI=1S/C24H28N3/c1-17-10-11-20-24(27-13-6-9-22(27)25-20)23(17)21-16-19(12-14-26(21)2)15-18-7-4-3-5-8-18/h6,10-14,16,18H,3-5,7-9,15H2,1-2H3/q+1/i15D2. The quantitative estimate of drug-likeness (QED) is 0.603. The summed E-state index contributed by atoms with van der Waals surface area (Å²) in [6.45, 7) is 2.13. The van der Waals surface area contributed by atoms with Crippen LogP contribution in [0.1, 0.15) is 51.8 Å². The summed E-state index contributed by atoms with van der Waals surface area (Å²) in [5.74, 6) is 1.18. The van der Waals surface area contributed by atoms with Crippen molar-refractivity contribution >= 4 is 17.2 Å². The van der Waals surface area contributed by atoms with Gasteiger partial charge >= 0.3 is 0 Å². The van der Waals surface area contributed by atoms with Crippen LogP contribution in [0.25, 0.3) is 28.5 Å². The van der Waals surface area contributed by atoms with Crippen LogP contribution in [0.3, 0.4) is 0 Å². The van der Waals surface area contributed by atoms with Crippen molar-refractivity contribution in [3.8, 4) is 11.3 Å². The van der Waals surface area contributed by atoms with Gasteiger partial charge in [-0.15, -0.1) is 0 Å². The number of fused-ring (bicyclic) bond motifs is 3. The molecule has 2 aliphatic rings. The Hall–Kier alpha value is -2.42. The number of hydrogen-bond donors (Lipinski definition) is 0. The smallest absolute Gasteiger partial charge is 0.215 e. The van der Waals surface area contributed by atoms with Gasteiger partial charge in [0, 0.05) is 27.5 Å². The summed E-state index contributed by atoms with van der Waals surface area (Å²) in [6.07, 6.45) is 11.3. The molecule has 0 N–H and O–H groups in total. The minimum atomic E-state index is -1.30. The summed E-state index contributed by atoms with van der Waals surface area (Å²) in [6, 6.07) is 8.27. The van der Waals surface area contributed by atoms with E-state index in [9.17, 15) is 0 Å². The van der Waals surface area contributed by atoms with Crippen LogP contribution in [-0.2, 0) is 19.8 Å². The molecule has 1 aliphatic carbocycles. The first kappa shape index (κ1) is 14.6. The van der Waals surface area contributed by atoms with Crippen molar-refractivity contribution in [3.63, 3.8) is 0 Å². The van der Waals surface area contributed by atoms with Gasteiger partial charge in [0.1, 0.15) is 12.9 Å². The fourth-order valence-electron chi connectivity index (χ4n) is 4.62. The van der Waals surface area contributed by atoms with Crippen LogP contribution in [0, 0.1) is 12.8 Å². The Balaban J connectivity index is 1.69. The maximum atomic E-state index is 8.93. The number of pyridine rings is 1. The molecule has 2 aromatic heterocycles. The molecule has 3 heterocycles. The predicted molar refractivity (Wildman–Crippen MR) is 110 cm³/mol. The van der Waals surface area contributed by atoms with Crippen molar-refractivity contribution in [1.82, 2.24) is 9.55 Å². The van der Waals surface area contributed by atoms with Gasteiger partial charge in [-0.25, -0.2) is 9.55 Å². The van der Waals surface area contributed by atoms with Crippen molar-refractivity contribution < 1.29 is 7.31 Å². The number of allylic oxidation sites excluding steroid dienone is 1. The van der Waals surface area contributed by atoms with Crippen LogP contribution in [0.2, 0.25) is 0 Å². The number of rotatable bonds is 3. The van der Waals surface area contributed by atoms with E-state index in [0.29, 0.717) is 0 Å². The van der Waals surface area contributed by atoms with E-state index in [1.54, 1.807) is 0 Å². The van der Waals surface area contributed by atoms with Crippen molar-refractivity contribution in [1.29, 1.82) is 0 Å².